The third-order valence-corrected chi connectivity index (χ3v) is 3.70. The predicted octanol–water partition coefficient (Wildman–Crippen LogP) is 3.37. The number of halogens is 1. The van der Waals surface area contributed by atoms with E-state index in [0.29, 0.717) is 29.1 Å². The van der Waals surface area contributed by atoms with Crippen molar-refractivity contribution < 1.29 is 19.2 Å². The molecule has 1 aromatic carbocycles. The van der Waals surface area contributed by atoms with Crippen LogP contribution >= 0.6 is 11.6 Å². The number of hydrogen-bond donors (Lipinski definition) is 2. The average Bonchev–Trinajstić information content (AvgIpc) is 2.97. The number of rotatable bonds is 6. The maximum Gasteiger partial charge on any atom is 0.329 e. The molecule has 0 spiro atoms. The zero-order valence-electron chi connectivity index (χ0n) is 12.8. The number of aliphatic carboxylic acids is 1. The molecular formula is C16H17ClN2O4. The lowest BCUT2D eigenvalue weighted by atomic mass is 9.96. The highest BCUT2D eigenvalue weighted by atomic mass is 35.5. The van der Waals surface area contributed by atoms with E-state index in [9.17, 15) is 14.7 Å². The lowest BCUT2D eigenvalue weighted by molar-refractivity contribution is -0.144. The van der Waals surface area contributed by atoms with Crippen LogP contribution in [0.1, 0.15) is 37.2 Å². The van der Waals surface area contributed by atoms with Gasteiger partial charge in [0.2, 0.25) is 5.76 Å². The Balaban J connectivity index is 2.20. The van der Waals surface area contributed by atoms with Crippen LogP contribution in [0.5, 0.6) is 0 Å². The number of nitrogens with one attached hydrogen (secondary N) is 1. The molecule has 0 aliphatic rings. The number of nitrogens with zero attached hydrogens (tertiary/aromatic N) is 1. The summed E-state index contributed by atoms with van der Waals surface area (Å²) in [6, 6.07) is 8.41. The van der Waals surface area contributed by atoms with Crippen LogP contribution in [0.3, 0.4) is 0 Å². The van der Waals surface area contributed by atoms with Gasteiger partial charge in [0.1, 0.15) is 11.2 Å². The number of benzene rings is 1. The minimum Gasteiger partial charge on any atom is -0.480 e. The molecule has 23 heavy (non-hydrogen) atoms. The Morgan fingerprint density at radius 1 is 1.39 bits per heavy atom. The molecule has 7 heteroatoms. The molecule has 0 saturated heterocycles. The highest BCUT2D eigenvalue weighted by Crippen LogP contribution is 2.23. The summed E-state index contributed by atoms with van der Waals surface area (Å²) in [5, 5.41) is 16.2. The number of aromatic nitrogens is 1. The summed E-state index contributed by atoms with van der Waals surface area (Å²) < 4.78 is 5.03. The largest absolute Gasteiger partial charge is 0.480 e. The first-order valence-corrected chi connectivity index (χ1v) is 7.52. The first-order valence-electron chi connectivity index (χ1n) is 7.14. The molecule has 2 N–H and O–H groups in total. The highest BCUT2D eigenvalue weighted by molar-refractivity contribution is 6.30. The Kier molecular flexibility index (Phi) is 5.05. The van der Waals surface area contributed by atoms with Crippen LogP contribution in [-0.2, 0) is 4.79 Å². The molecule has 0 radical (unpaired) electrons. The lowest BCUT2D eigenvalue weighted by Crippen LogP contribution is -2.52. The summed E-state index contributed by atoms with van der Waals surface area (Å²) in [4.78, 5) is 23.6. The van der Waals surface area contributed by atoms with E-state index < -0.39 is 17.4 Å². The van der Waals surface area contributed by atoms with Crippen LogP contribution in [-0.4, -0.2) is 27.7 Å². The zero-order chi connectivity index (χ0) is 17.0. The predicted molar refractivity (Wildman–Crippen MR) is 85.4 cm³/mol. The van der Waals surface area contributed by atoms with E-state index in [4.69, 9.17) is 16.1 Å². The van der Waals surface area contributed by atoms with Crippen LogP contribution in [0, 0.1) is 0 Å². The lowest BCUT2D eigenvalue weighted by Gasteiger charge is -2.24. The standard InChI is InChI=1S/C16H17ClN2O4/c1-3-7-16(2,15(21)22)18-14(20)13-9-12(19-23-13)10-5-4-6-11(17)8-10/h4-6,8-9H,3,7H2,1-2H3,(H,18,20)(H,21,22). The van der Waals surface area contributed by atoms with Gasteiger partial charge in [0.15, 0.2) is 0 Å². The molecule has 0 bridgehead atoms. The molecule has 1 heterocycles. The SMILES string of the molecule is CCCC(C)(NC(=O)c1cc(-c2cccc(Cl)c2)no1)C(=O)O. The fraction of sp³-hybridized carbons (Fsp3) is 0.312. The molecule has 122 valence electrons. The molecule has 1 unspecified atom stereocenters. The van der Waals surface area contributed by atoms with E-state index in [2.05, 4.69) is 10.5 Å². The van der Waals surface area contributed by atoms with Crippen molar-refractivity contribution in [2.45, 2.75) is 32.2 Å². The smallest absolute Gasteiger partial charge is 0.329 e. The molecule has 2 aromatic rings. The van der Waals surface area contributed by atoms with Gasteiger partial charge in [-0.15, -0.1) is 0 Å². The summed E-state index contributed by atoms with van der Waals surface area (Å²) >= 11 is 5.92. The van der Waals surface area contributed by atoms with Gasteiger partial charge in [-0.05, 0) is 25.5 Å². The Bertz CT molecular complexity index is 728. The average molecular weight is 337 g/mol. The summed E-state index contributed by atoms with van der Waals surface area (Å²) in [5.74, 6) is -1.77. The van der Waals surface area contributed by atoms with Crippen LogP contribution < -0.4 is 5.32 Å². The third-order valence-electron chi connectivity index (χ3n) is 3.47. The van der Waals surface area contributed by atoms with E-state index in [-0.39, 0.29) is 5.76 Å². The molecular weight excluding hydrogens is 320 g/mol. The van der Waals surface area contributed by atoms with Gasteiger partial charge in [0.25, 0.3) is 5.91 Å². The molecule has 1 amide bonds. The van der Waals surface area contributed by atoms with Crippen molar-refractivity contribution in [2.75, 3.05) is 0 Å². The van der Waals surface area contributed by atoms with E-state index >= 15 is 0 Å². The fourth-order valence-electron chi connectivity index (χ4n) is 2.20. The van der Waals surface area contributed by atoms with E-state index in [0.717, 1.165) is 0 Å². The molecule has 0 fully saturated rings. The maximum atomic E-state index is 12.2. The summed E-state index contributed by atoms with van der Waals surface area (Å²) in [5.41, 5.74) is -0.200. The second-order valence-electron chi connectivity index (χ2n) is 5.43. The van der Waals surface area contributed by atoms with E-state index in [1.807, 2.05) is 6.92 Å². The first kappa shape index (κ1) is 17.0. The minimum absolute atomic E-state index is 0.0523. The van der Waals surface area contributed by atoms with Gasteiger partial charge in [-0.2, -0.15) is 0 Å². The molecule has 2 rings (SSSR count). The Labute approximate surface area is 138 Å². The second-order valence-corrected chi connectivity index (χ2v) is 5.86. The molecule has 0 saturated carbocycles. The van der Waals surface area contributed by atoms with Gasteiger partial charge >= 0.3 is 5.97 Å². The van der Waals surface area contributed by atoms with Gasteiger partial charge in [0.05, 0.1) is 0 Å². The fourth-order valence-corrected chi connectivity index (χ4v) is 2.39. The second kappa shape index (κ2) is 6.83. The van der Waals surface area contributed by atoms with Gasteiger partial charge in [-0.3, -0.25) is 4.79 Å². The summed E-state index contributed by atoms with van der Waals surface area (Å²) in [6.45, 7) is 3.31. The molecule has 0 aliphatic carbocycles. The maximum absolute atomic E-state index is 12.2. The van der Waals surface area contributed by atoms with Crippen molar-refractivity contribution >= 4 is 23.5 Å². The monoisotopic (exact) mass is 336 g/mol. The normalized spacial score (nSPS) is 13.3. The number of amides is 1. The van der Waals surface area contributed by atoms with Crippen molar-refractivity contribution in [1.82, 2.24) is 10.5 Å². The summed E-state index contributed by atoms with van der Waals surface area (Å²) in [7, 11) is 0. The number of hydrogen-bond acceptors (Lipinski definition) is 4. The van der Waals surface area contributed by atoms with Crippen molar-refractivity contribution in [1.29, 1.82) is 0 Å². The van der Waals surface area contributed by atoms with Gasteiger partial charge < -0.3 is 14.9 Å². The Hall–Kier alpha value is -2.34. The number of carbonyl (C=O) groups is 2. The minimum atomic E-state index is -1.35. The summed E-state index contributed by atoms with van der Waals surface area (Å²) in [6.07, 6.45) is 0.927. The van der Waals surface area contributed by atoms with Crippen LogP contribution in [0.15, 0.2) is 34.9 Å². The quantitative estimate of drug-likeness (QED) is 0.843. The van der Waals surface area contributed by atoms with Crippen LogP contribution in [0.4, 0.5) is 0 Å². The zero-order valence-corrected chi connectivity index (χ0v) is 13.6. The van der Waals surface area contributed by atoms with Crippen molar-refractivity contribution in [3.8, 4) is 11.3 Å². The van der Waals surface area contributed by atoms with Crippen molar-refractivity contribution in [3.63, 3.8) is 0 Å². The van der Waals surface area contributed by atoms with Gasteiger partial charge in [0, 0.05) is 16.7 Å². The van der Waals surface area contributed by atoms with Crippen LogP contribution in [0.25, 0.3) is 11.3 Å². The van der Waals surface area contributed by atoms with Gasteiger partial charge in [-0.25, -0.2) is 4.79 Å². The molecule has 0 aliphatic heterocycles. The molecule has 1 aromatic heterocycles. The Morgan fingerprint density at radius 2 is 2.13 bits per heavy atom. The van der Waals surface area contributed by atoms with Gasteiger partial charge in [-0.1, -0.05) is 42.2 Å². The number of carboxylic acid groups (broad SMARTS) is 1. The Morgan fingerprint density at radius 3 is 2.74 bits per heavy atom. The third kappa shape index (κ3) is 3.90. The highest BCUT2D eigenvalue weighted by Gasteiger charge is 2.35. The number of carbonyl (C=O) groups excluding carboxylic acids is 1. The number of carboxylic acids is 1. The van der Waals surface area contributed by atoms with Crippen molar-refractivity contribution in [3.05, 3.63) is 41.1 Å². The first-order chi connectivity index (χ1) is 10.9. The molecule has 6 nitrogen and oxygen atoms in total. The van der Waals surface area contributed by atoms with Crippen molar-refractivity contribution in [2.24, 2.45) is 0 Å². The molecule has 1 atom stereocenters. The van der Waals surface area contributed by atoms with E-state index in [1.54, 1.807) is 24.3 Å². The van der Waals surface area contributed by atoms with Crippen LogP contribution in [0.2, 0.25) is 5.02 Å². The van der Waals surface area contributed by atoms with E-state index in [1.165, 1.54) is 13.0 Å². The topological polar surface area (TPSA) is 92.4 Å².